The largest absolute Gasteiger partial charge is 0.309 e. The molecule has 60 heavy (non-hydrogen) atoms. The highest BCUT2D eigenvalue weighted by molar-refractivity contribution is 6.28. The summed E-state index contributed by atoms with van der Waals surface area (Å²) in [5, 5.41) is 13.2. The first-order valence-corrected chi connectivity index (χ1v) is 20.5. The third-order valence-electron chi connectivity index (χ3n) is 12.5. The first-order valence-electron chi connectivity index (χ1n) is 20.5. The minimum atomic E-state index is 0.647. The number of benzene rings is 10. The van der Waals surface area contributed by atoms with E-state index >= 15 is 0 Å². The molecule has 0 aliphatic rings. The van der Waals surface area contributed by atoms with E-state index in [4.69, 9.17) is 9.97 Å². The fraction of sp³-hybridized carbons (Fsp3) is 0. The molecule has 13 rings (SSSR count). The number of nitrogens with zero attached hydrogens (tertiary/aromatic N) is 4. The number of fused-ring (bicyclic) bond motifs is 12. The van der Waals surface area contributed by atoms with Crippen molar-refractivity contribution in [1.82, 2.24) is 19.1 Å². The van der Waals surface area contributed by atoms with Crippen molar-refractivity contribution < 1.29 is 0 Å². The van der Waals surface area contributed by atoms with Crippen molar-refractivity contribution in [2.45, 2.75) is 0 Å². The third kappa shape index (κ3) is 4.85. The van der Waals surface area contributed by atoms with Gasteiger partial charge >= 0.3 is 0 Å². The molecule has 10 aromatic carbocycles. The molecular formula is C56H34N4. The molecule has 0 N–H and O–H groups in total. The highest BCUT2D eigenvalue weighted by atomic mass is 15.2. The predicted octanol–water partition coefficient (Wildman–Crippen LogP) is 14.6. The van der Waals surface area contributed by atoms with Gasteiger partial charge < -0.3 is 4.57 Å². The van der Waals surface area contributed by atoms with Crippen LogP contribution >= 0.6 is 0 Å². The smallest absolute Gasteiger partial charge is 0.235 e. The Hall–Kier alpha value is -8.08. The molecular weight excluding hydrogens is 729 g/mol. The highest BCUT2D eigenvalue weighted by Crippen LogP contribution is 2.43. The van der Waals surface area contributed by atoms with E-state index in [1.165, 1.54) is 65.1 Å². The van der Waals surface area contributed by atoms with Gasteiger partial charge in [-0.05, 0) is 92.0 Å². The molecule has 0 radical (unpaired) electrons. The second-order valence-corrected chi connectivity index (χ2v) is 15.8. The van der Waals surface area contributed by atoms with E-state index in [-0.39, 0.29) is 0 Å². The molecule has 0 saturated carbocycles. The van der Waals surface area contributed by atoms with Crippen LogP contribution in [-0.4, -0.2) is 19.1 Å². The molecule has 4 nitrogen and oxygen atoms in total. The topological polar surface area (TPSA) is 35.6 Å². The van der Waals surface area contributed by atoms with Crippen LogP contribution in [0.1, 0.15) is 0 Å². The highest BCUT2D eigenvalue weighted by Gasteiger charge is 2.22. The van der Waals surface area contributed by atoms with Crippen LogP contribution in [0, 0.1) is 0 Å². The Kier molecular flexibility index (Phi) is 6.98. The Morgan fingerprint density at radius 3 is 1.82 bits per heavy atom. The quantitative estimate of drug-likeness (QED) is 0.167. The maximum atomic E-state index is 5.48. The van der Waals surface area contributed by atoms with Crippen LogP contribution in [0.5, 0.6) is 0 Å². The van der Waals surface area contributed by atoms with Crippen molar-refractivity contribution in [3.8, 4) is 34.0 Å². The standard InChI is InChI=1S/C56H34N4/c1-2-12-35(13-3-1)37-24-27-41(28-25-37)59-51-31-30-43-42-17-7-6-15-38(42)26-29-45(43)54(51)48-33-47-44-18-9-11-21-50(44)60(52(47)34-53(48)59)56-57-49-20-10-8-19-46(49)55(58-56)40-23-22-36-14-4-5-16-39(36)32-40/h1-34H. The molecule has 0 unspecified atom stereocenters. The Bertz CT molecular complexity index is 3880. The average molecular weight is 763 g/mol. The summed E-state index contributed by atoms with van der Waals surface area (Å²) in [6.45, 7) is 0. The molecule has 0 saturated heterocycles. The summed E-state index contributed by atoms with van der Waals surface area (Å²) < 4.78 is 4.71. The van der Waals surface area contributed by atoms with Gasteiger partial charge in [0.1, 0.15) is 0 Å². The maximum absolute atomic E-state index is 5.48. The summed E-state index contributed by atoms with van der Waals surface area (Å²) in [6, 6.07) is 74.5. The van der Waals surface area contributed by atoms with Crippen molar-refractivity contribution in [1.29, 1.82) is 0 Å². The van der Waals surface area contributed by atoms with E-state index in [0.717, 1.165) is 49.8 Å². The van der Waals surface area contributed by atoms with E-state index in [2.05, 4.69) is 215 Å². The minimum Gasteiger partial charge on any atom is -0.309 e. The van der Waals surface area contributed by atoms with Crippen molar-refractivity contribution in [3.63, 3.8) is 0 Å². The second kappa shape index (κ2) is 12.7. The number of aromatic nitrogens is 4. The SMILES string of the molecule is c1ccc(-c2ccc(-n3c4cc5c(cc4c4c6ccc7ccccc7c6ccc43)c3ccccc3n5-c3nc(-c4ccc5ccccc5c4)c4ccccc4n3)cc2)cc1. The molecule has 3 aromatic heterocycles. The maximum Gasteiger partial charge on any atom is 0.235 e. The van der Waals surface area contributed by atoms with Crippen LogP contribution in [0.2, 0.25) is 0 Å². The molecule has 0 atom stereocenters. The molecule has 0 aliphatic heterocycles. The van der Waals surface area contributed by atoms with Gasteiger partial charge in [-0.1, -0.05) is 158 Å². The van der Waals surface area contributed by atoms with Gasteiger partial charge in [0.25, 0.3) is 0 Å². The third-order valence-corrected chi connectivity index (χ3v) is 12.5. The van der Waals surface area contributed by atoms with Crippen molar-refractivity contribution in [3.05, 3.63) is 206 Å². The van der Waals surface area contributed by atoms with Gasteiger partial charge in [0.05, 0.1) is 33.3 Å². The van der Waals surface area contributed by atoms with Crippen LogP contribution < -0.4 is 0 Å². The van der Waals surface area contributed by atoms with Gasteiger partial charge in [0.15, 0.2) is 0 Å². The van der Waals surface area contributed by atoms with E-state index in [1.54, 1.807) is 0 Å². The van der Waals surface area contributed by atoms with E-state index in [0.29, 0.717) is 5.95 Å². The minimum absolute atomic E-state index is 0.647. The molecule has 0 bridgehead atoms. The lowest BCUT2D eigenvalue weighted by Crippen LogP contribution is -2.03. The van der Waals surface area contributed by atoms with Crippen LogP contribution in [0.25, 0.3) is 121 Å². The Balaban J connectivity index is 1.13. The van der Waals surface area contributed by atoms with Crippen molar-refractivity contribution in [2.24, 2.45) is 0 Å². The molecule has 0 spiro atoms. The van der Waals surface area contributed by atoms with Crippen LogP contribution in [0.4, 0.5) is 0 Å². The van der Waals surface area contributed by atoms with Gasteiger partial charge in [-0.25, -0.2) is 9.97 Å². The summed E-state index contributed by atoms with van der Waals surface area (Å²) in [4.78, 5) is 10.8. The summed E-state index contributed by atoms with van der Waals surface area (Å²) >= 11 is 0. The Labute approximate surface area is 344 Å². The van der Waals surface area contributed by atoms with Gasteiger partial charge in [0.2, 0.25) is 5.95 Å². The first-order chi connectivity index (χ1) is 29.7. The summed E-state index contributed by atoms with van der Waals surface area (Å²) in [6.07, 6.45) is 0. The summed E-state index contributed by atoms with van der Waals surface area (Å²) in [5.41, 5.74) is 10.8. The second-order valence-electron chi connectivity index (χ2n) is 15.8. The first kappa shape index (κ1) is 32.9. The van der Waals surface area contributed by atoms with Gasteiger partial charge in [-0.2, -0.15) is 0 Å². The van der Waals surface area contributed by atoms with E-state index in [1.807, 2.05) is 0 Å². The van der Waals surface area contributed by atoms with E-state index in [9.17, 15) is 0 Å². The lowest BCUT2D eigenvalue weighted by Gasteiger charge is -2.13. The average Bonchev–Trinajstić information content (AvgIpc) is 3.82. The summed E-state index contributed by atoms with van der Waals surface area (Å²) in [5.74, 6) is 0.647. The Morgan fingerprint density at radius 1 is 0.300 bits per heavy atom. The lowest BCUT2D eigenvalue weighted by molar-refractivity contribution is 1.01. The normalized spacial score (nSPS) is 12.0. The number of hydrogen-bond acceptors (Lipinski definition) is 2. The predicted molar refractivity (Wildman–Crippen MR) is 252 cm³/mol. The summed E-state index contributed by atoms with van der Waals surface area (Å²) in [7, 11) is 0. The zero-order valence-corrected chi connectivity index (χ0v) is 32.4. The van der Waals surface area contributed by atoms with Gasteiger partial charge in [-0.3, -0.25) is 4.57 Å². The van der Waals surface area contributed by atoms with Crippen LogP contribution in [-0.2, 0) is 0 Å². The number of para-hydroxylation sites is 2. The molecule has 4 heteroatoms. The van der Waals surface area contributed by atoms with E-state index < -0.39 is 0 Å². The zero-order chi connectivity index (χ0) is 39.3. The fourth-order valence-electron chi connectivity index (χ4n) is 9.71. The molecule has 0 fully saturated rings. The Morgan fingerprint density at radius 2 is 0.950 bits per heavy atom. The number of hydrogen-bond donors (Lipinski definition) is 0. The zero-order valence-electron chi connectivity index (χ0n) is 32.4. The van der Waals surface area contributed by atoms with Crippen LogP contribution in [0.3, 0.4) is 0 Å². The lowest BCUT2D eigenvalue weighted by atomic mass is 9.98. The van der Waals surface area contributed by atoms with Gasteiger partial charge in [-0.15, -0.1) is 0 Å². The van der Waals surface area contributed by atoms with Crippen molar-refractivity contribution in [2.75, 3.05) is 0 Å². The monoisotopic (exact) mass is 762 g/mol. The molecule has 278 valence electrons. The molecule has 3 heterocycles. The fourth-order valence-corrected chi connectivity index (χ4v) is 9.71. The van der Waals surface area contributed by atoms with Crippen molar-refractivity contribution >= 4 is 86.8 Å². The van der Waals surface area contributed by atoms with Gasteiger partial charge in [0, 0.05) is 38.2 Å². The number of rotatable bonds is 4. The molecule has 0 amide bonds. The molecule has 0 aliphatic carbocycles. The molecule has 13 aromatic rings. The van der Waals surface area contributed by atoms with Crippen LogP contribution in [0.15, 0.2) is 206 Å².